The Morgan fingerprint density at radius 2 is 1.96 bits per heavy atom. The molecule has 0 unspecified atom stereocenters. The first-order valence-corrected chi connectivity index (χ1v) is 9.69. The number of carbonyl (C=O) groups is 1. The predicted octanol–water partition coefficient (Wildman–Crippen LogP) is 5.02. The van der Waals surface area contributed by atoms with Gasteiger partial charge in [0.25, 0.3) is 0 Å². The molecule has 0 fully saturated rings. The first kappa shape index (κ1) is 19.1. The Balaban J connectivity index is 1.45. The number of hydrogen-bond donors (Lipinski definition) is 2. The number of carbonyl (C=O) groups excluding carboxylic acids is 1. The van der Waals surface area contributed by atoms with Crippen LogP contribution in [0.25, 0.3) is 0 Å². The van der Waals surface area contributed by atoms with Crippen LogP contribution in [0.2, 0.25) is 5.02 Å². The number of aryl methyl sites for hydroxylation is 1. The summed E-state index contributed by atoms with van der Waals surface area (Å²) in [6, 6.07) is 14.6. The number of aromatic nitrogens is 2. The van der Waals surface area contributed by atoms with Gasteiger partial charge in [0.2, 0.25) is 5.13 Å². The largest absolute Gasteiger partial charge is 0.493 e. The first-order valence-electron chi connectivity index (χ1n) is 8.50. The lowest BCUT2D eigenvalue weighted by Gasteiger charge is -2.05. The summed E-state index contributed by atoms with van der Waals surface area (Å²) in [5, 5.41) is 15.2. The summed E-state index contributed by atoms with van der Waals surface area (Å²) in [5.41, 5.74) is 1.88. The molecular formula is C19H19ClN4O2S. The van der Waals surface area contributed by atoms with E-state index in [1.54, 1.807) is 24.3 Å². The number of halogens is 1. The molecule has 6 nitrogen and oxygen atoms in total. The minimum Gasteiger partial charge on any atom is -0.493 e. The number of ether oxygens (including phenoxy) is 1. The van der Waals surface area contributed by atoms with Gasteiger partial charge in [-0.1, -0.05) is 48.1 Å². The quantitative estimate of drug-likeness (QED) is 0.581. The highest BCUT2D eigenvalue weighted by atomic mass is 35.5. The van der Waals surface area contributed by atoms with Gasteiger partial charge in [0, 0.05) is 17.1 Å². The molecule has 3 aromatic rings. The van der Waals surface area contributed by atoms with Gasteiger partial charge in [-0.15, -0.1) is 10.2 Å². The van der Waals surface area contributed by atoms with E-state index in [0.717, 1.165) is 17.2 Å². The first-order chi connectivity index (χ1) is 13.1. The second kappa shape index (κ2) is 9.34. The zero-order chi connectivity index (χ0) is 19.1. The van der Waals surface area contributed by atoms with Crippen LogP contribution in [0, 0.1) is 0 Å². The number of hydrogen-bond acceptors (Lipinski definition) is 5. The third-order valence-electron chi connectivity index (χ3n) is 3.69. The van der Waals surface area contributed by atoms with Gasteiger partial charge < -0.3 is 10.1 Å². The van der Waals surface area contributed by atoms with E-state index in [9.17, 15) is 4.79 Å². The maximum atomic E-state index is 12.0. The Labute approximate surface area is 166 Å². The van der Waals surface area contributed by atoms with E-state index in [2.05, 4.69) is 39.9 Å². The summed E-state index contributed by atoms with van der Waals surface area (Å²) in [7, 11) is 0. The van der Waals surface area contributed by atoms with Crippen molar-refractivity contribution in [1.29, 1.82) is 0 Å². The highest BCUT2D eigenvalue weighted by Crippen LogP contribution is 2.19. The van der Waals surface area contributed by atoms with Crippen LogP contribution in [-0.4, -0.2) is 22.8 Å². The molecule has 0 saturated carbocycles. The summed E-state index contributed by atoms with van der Waals surface area (Å²) >= 11 is 7.21. The van der Waals surface area contributed by atoms with Crippen molar-refractivity contribution in [2.45, 2.75) is 19.8 Å². The Morgan fingerprint density at radius 1 is 1.15 bits per heavy atom. The van der Waals surface area contributed by atoms with Crippen molar-refractivity contribution in [3.05, 3.63) is 64.1 Å². The zero-order valence-electron chi connectivity index (χ0n) is 14.7. The Bertz CT molecular complexity index is 899. The van der Waals surface area contributed by atoms with Gasteiger partial charge in [0.15, 0.2) is 0 Å². The fourth-order valence-electron chi connectivity index (χ4n) is 2.31. The summed E-state index contributed by atoms with van der Waals surface area (Å²) in [6.45, 7) is 2.61. The van der Waals surface area contributed by atoms with Crippen LogP contribution < -0.4 is 15.4 Å². The molecule has 1 aromatic heterocycles. The van der Waals surface area contributed by atoms with Crippen molar-refractivity contribution in [1.82, 2.24) is 10.2 Å². The standard InChI is InChI=1S/C19H19ClN4O2S/c1-2-13-6-8-16(9-7-13)26-11-10-17-23-24-19(27-17)22-18(25)21-15-5-3-4-14(20)12-15/h3-9,12H,2,10-11H2,1H3,(H2,21,22,24,25). The van der Waals surface area contributed by atoms with Crippen molar-refractivity contribution in [2.75, 3.05) is 17.2 Å². The van der Waals surface area contributed by atoms with Crippen molar-refractivity contribution < 1.29 is 9.53 Å². The minimum atomic E-state index is -0.396. The molecule has 0 atom stereocenters. The average molecular weight is 403 g/mol. The van der Waals surface area contributed by atoms with Gasteiger partial charge >= 0.3 is 6.03 Å². The number of amides is 2. The molecule has 1 heterocycles. The summed E-state index contributed by atoms with van der Waals surface area (Å²) in [4.78, 5) is 12.0. The van der Waals surface area contributed by atoms with Crippen molar-refractivity contribution >= 4 is 39.8 Å². The molecule has 0 spiro atoms. The number of benzene rings is 2. The normalized spacial score (nSPS) is 10.4. The molecule has 0 saturated heterocycles. The Morgan fingerprint density at radius 3 is 2.70 bits per heavy atom. The predicted molar refractivity (Wildman–Crippen MR) is 109 cm³/mol. The molecule has 0 bridgehead atoms. The van der Waals surface area contributed by atoms with E-state index in [1.165, 1.54) is 16.9 Å². The second-order valence-electron chi connectivity index (χ2n) is 5.69. The van der Waals surface area contributed by atoms with Crippen LogP contribution in [-0.2, 0) is 12.8 Å². The van der Waals surface area contributed by atoms with Crippen molar-refractivity contribution in [3.8, 4) is 5.75 Å². The molecule has 2 amide bonds. The Kier molecular flexibility index (Phi) is 6.62. The van der Waals surface area contributed by atoms with Crippen LogP contribution in [0.1, 0.15) is 17.5 Å². The molecule has 0 aliphatic heterocycles. The lowest BCUT2D eigenvalue weighted by molar-refractivity contribution is 0.262. The van der Waals surface area contributed by atoms with E-state index in [-0.39, 0.29) is 0 Å². The fourth-order valence-corrected chi connectivity index (χ4v) is 3.21. The van der Waals surface area contributed by atoms with E-state index in [4.69, 9.17) is 16.3 Å². The van der Waals surface area contributed by atoms with Crippen molar-refractivity contribution in [3.63, 3.8) is 0 Å². The second-order valence-corrected chi connectivity index (χ2v) is 7.18. The summed E-state index contributed by atoms with van der Waals surface area (Å²) in [5.74, 6) is 0.830. The van der Waals surface area contributed by atoms with E-state index < -0.39 is 6.03 Å². The van der Waals surface area contributed by atoms with Gasteiger partial charge in [0.05, 0.1) is 6.61 Å². The van der Waals surface area contributed by atoms with Crippen molar-refractivity contribution in [2.24, 2.45) is 0 Å². The third kappa shape index (κ3) is 5.94. The molecule has 0 radical (unpaired) electrons. The summed E-state index contributed by atoms with van der Waals surface area (Å²) < 4.78 is 5.72. The number of anilines is 2. The number of nitrogens with zero attached hydrogens (tertiary/aromatic N) is 2. The monoisotopic (exact) mass is 402 g/mol. The number of nitrogens with one attached hydrogen (secondary N) is 2. The van der Waals surface area contributed by atoms with Gasteiger partial charge in [-0.25, -0.2) is 4.79 Å². The minimum absolute atomic E-state index is 0.396. The van der Waals surface area contributed by atoms with Crippen LogP contribution in [0.5, 0.6) is 5.75 Å². The maximum Gasteiger partial charge on any atom is 0.325 e. The van der Waals surface area contributed by atoms with E-state index in [0.29, 0.717) is 28.9 Å². The zero-order valence-corrected chi connectivity index (χ0v) is 16.3. The van der Waals surface area contributed by atoms with E-state index in [1.807, 2.05) is 12.1 Å². The van der Waals surface area contributed by atoms with Gasteiger partial charge in [-0.3, -0.25) is 5.32 Å². The molecule has 8 heteroatoms. The van der Waals surface area contributed by atoms with Crippen LogP contribution in [0.4, 0.5) is 15.6 Å². The molecule has 2 aromatic carbocycles. The lowest BCUT2D eigenvalue weighted by Crippen LogP contribution is -2.19. The fraction of sp³-hybridized carbons (Fsp3) is 0.211. The van der Waals surface area contributed by atoms with Gasteiger partial charge in [-0.05, 0) is 42.3 Å². The Hall–Kier alpha value is -2.64. The van der Waals surface area contributed by atoms with Gasteiger partial charge in [-0.2, -0.15) is 0 Å². The summed E-state index contributed by atoms with van der Waals surface area (Å²) in [6.07, 6.45) is 1.62. The SMILES string of the molecule is CCc1ccc(OCCc2nnc(NC(=O)Nc3cccc(Cl)c3)s2)cc1. The van der Waals surface area contributed by atoms with Gasteiger partial charge in [0.1, 0.15) is 10.8 Å². The lowest BCUT2D eigenvalue weighted by atomic mass is 10.2. The number of rotatable bonds is 7. The maximum absolute atomic E-state index is 12.0. The highest BCUT2D eigenvalue weighted by Gasteiger charge is 2.09. The van der Waals surface area contributed by atoms with Crippen LogP contribution >= 0.6 is 22.9 Å². The third-order valence-corrected chi connectivity index (χ3v) is 4.82. The highest BCUT2D eigenvalue weighted by molar-refractivity contribution is 7.15. The topological polar surface area (TPSA) is 76.1 Å². The number of urea groups is 1. The van der Waals surface area contributed by atoms with Crippen LogP contribution in [0.15, 0.2) is 48.5 Å². The molecule has 0 aliphatic rings. The molecule has 0 aliphatic carbocycles. The smallest absolute Gasteiger partial charge is 0.325 e. The molecular weight excluding hydrogens is 384 g/mol. The molecule has 27 heavy (non-hydrogen) atoms. The average Bonchev–Trinajstić information content (AvgIpc) is 3.09. The molecule has 3 rings (SSSR count). The molecule has 2 N–H and O–H groups in total. The van der Waals surface area contributed by atoms with E-state index >= 15 is 0 Å². The molecule has 140 valence electrons. The van der Waals surface area contributed by atoms with Crippen LogP contribution in [0.3, 0.4) is 0 Å².